The van der Waals surface area contributed by atoms with Crippen LogP contribution >= 0.6 is 11.6 Å². The zero-order valence-electron chi connectivity index (χ0n) is 17.0. The summed E-state index contributed by atoms with van der Waals surface area (Å²) in [6.07, 6.45) is -7.05. The molecular weight excluding hydrogens is 427 g/mol. The molecule has 1 heterocycles. The molecule has 0 bridgehead atoms. The van der Waals surface area contributed by atoms with Crippen LogP contribution in [0.2, 0.25) is 5.02 Å². The lowest BCUT2D eigenvalue weighted by atomic mass is 9.80. The molecule has 0 saturated carbocycles. The van der Waals surface area contributed by atoms with Gasteiger partial charge in [-0.05, 0) is 53.8 Å². The van der Waals surface area contributed by atoms with Crippen molar-refractivity contribution in [3.05, 3.63) is 63.7 Å². The molecule has 0 radical (unpaired) electrons. The van der Waals surface area contributed by atoms with Crippen molar-refractivity contribution >= 4 is 11.6 Å². The van der Waals surface area contributed by atoms with Crippen LogP contribution in [0.3, 0.4) is 0 Å². The minimum Gasteiger partial charge on any atom is -0.494 e. The molecule has 6 nitrogen and oxygen atoms in total. The molecule has 2 aromatic rings. The lowest BCUT2D eigenvalue weighted by molar-refractivity contribution is -0.281. The van der Waals surface area contributed by atoms with E-state index in [2.05, 4.69) is 0 Å². The minimum absolute atomic E-state index is 0.243. The van der Waals surface area contributed by atoms with Crippen molar-refractivity contribution in [3.63, 3.8) is 0 Å². The van der Waals surface area contributed by atoms with Gasteiger partial charge in [0, 0.05) is 11.4 Å². The van der Waals surface area contributed by atoms with Crippen molar-refractivity contribution in [2.24, 2.45) is 0 Å². The van der Waals surface area contributed by atoms with E-state index in [1.807, 2.05) is 31.2 Å². The van der Waals surface area contributed by atoms with E-state index in [-0.39, 0.29) is 12.0 Å². The van der Waals surface area contributed by atoms with Crippen LogP contribution in [0.15, 0.2) is 36.4 Å². The second-order valence-corrected chi connectivity index (χ2v) is 8.52. The number of alkyl halides is 1. The highest BCUT2D eigenvalue weighted by Gasteiger charge is 2.59. The number of benzene rings is 2. The molecule has 0 aromatic heterocycles. The van der Waals surface area contributed by atoms with Gasteiger partial charge in [-0.2, -0.15) is 0 Å². The summed E-state index contributed by atoms with van der Waals surface area (Å²) in [6.45, 7) is 1.90. The summed E-state index contributed by atoms with van der Waals surface area (Å²) in [4.78, 5) is 0. The molecule has 2 aromatic carbocycles. The number of aliphatic hydroxyl groups is 4. The Bertz CT molecular complexity index is 936. The van der Waals surface area contributed by atoms with Crippen molar-refractivity contribution in [3.8, 4) is 5.75 Å². The van der Waals surface area contributed by atoms with Gasteiger partial charge in [-0.1, -0.05) is 29.8 Å². The van der Waals surface area contributed by atoms with Gasteiger partial charge in [0.25, 0.3) is 0 Å². The maximum Gasteiger partial charge on any atom is 0.129 e. The highest BCUT2D eigenvalue weighted by Crippen LogP contribution is 2.54. The second-order valence-electron chi connectivity index (χ2n) is 8.11. The van der Waals surface area contributed by atoms with Gasteiger partial charge in [-0.3, -0.25) is 0 Å². The van der Waals surface area contributed by atoms with Gasteiger partial charge in [-0.15, -0.1) is 0 Å². The van der Waals surface area contributed by atoms with Crippen molar-refractivity contribution in [1.82, 2.24) is 0 Å². The molecule has 1 aliphatic carbocycles. The molecule has 2 aliphatic rings. The predicted molar refractivity (Wildman–Crippen MR) is 112 cm³/mol. The Kier molecular flexibility index (Phi) is 6.27. The second kappa shape index (κ2) is 8.65. The SMILES string of the molecule is CCOc1ccc(Cc2cc3c(cc2Cl)C(F)C[C@]32O[C@H](CO)[C@@H](O)[C@H](O)[C@H]2O)cc1. The molecule has 1 spiro atoms. The fourth-order valence-corrected chi connectivity index (χ4v) is 4.84. The molecule has 31 heavy (non-hydrogen) atoms. The van der Waals surface area contributed by atoms with Gasteiger partial charge in [0.1, 0.15) is 41.9 Å². The molecule has 1 saturated heterocycles. The molecule has 1 fully saturated rings. The van der Waals surface area contributed by atoms with Crippen LogP contribution in [-0.2, 0) is 16.8 Å². The Labute approximate surface area is 184 Å². The average molecular weight is 453 g/mol. The first-order valence-corrected chi connectivity index (χ1v) is 10.7. The Balaban J connectivity index is 1.71. The zero-order valence-corrected chi connectivity index (χ0v) is 17.8. The molecular formula is C23H26ClFO6. The first-order valence-electron chi connectivity index (χ1n) is 10.3. The van der Waals surface area contributed by atoms with Crippen LogP contribution in [0.5, 0.6) is 5.75 Å². The van der Waals surface area contributed by atoms with Crippen molar-refractivity contribution < 1.29 is 34.3 Å². The van der Waals surface area contributed by atoms with Crippen molar-refractivity contribution in [1.29, 1.82) is 0 Å². The lowest BCUT2D eigenvalue weighted by Gasteiger charge is -2.47. The Hall–Kier alpha value is -1.74. The normalized spacial score (nSPS) is 32.3. The van der Waals surface area contributed by atoms with Gasteiger partial charge in [0.15, 0.2) is 0 Å². The van der Waals surface area contributed by atoms with E-state index in [1.54, 1.807) is 6.07 Å². The van der Waals surface area contributed by atoms with E-state index in [4.69, 9.17) is 21.1 Å². The molecule has 8 heteroatoms. The fourth-order valence-electron chi connectivity index (χ4n) is 4.60. The number of rotatable bonds is 5. The highest BCUT2D eigenvalue weighted by molar-refractivity contribution is 6.31. The van der Waals surface area contributed by atoms with Gasteiger partial charge in [0.05, 0.1) is 13.2 Å². The fraction of sp³-hybridized carbons (Fsp3) is 0.478. The molecule has 4 rings (SSSR count). The third kappa shape index (κ3) is 3.84. The Morgan fingerprint density at radius 2 is 1.87 bits per heavy atom. The monoisotopic (exact) mass is 452 g/mol. The number of ether oxygens (including phenoxy) is 2. The summed E-state index contributed by atoms with van der Waals surface area (Å²) in [5.41, 5.74) is 0.735. The molecule has 0 amide bonds. The summed E-state index contributed by atoms with van der Waals surface area (Å²) in [7, 11) is 0. The maximum absolute atomic E-state index is 15.0. The van der Waals surface area contributed by atoms with E-state index in [1.165, 1.54) is 6.07 Å². The molecule has 1 unspecified atom stereocenters. The summed E-state index contributed by atoms with van der Waals surface area (Å²) < 4.78 is 26.3. The average Bonchev–Trinajstić information content (AvgIpc) is 3.02. The van der Waals surface area contributed by atoms with Gasteiger partial charge < -0.3 is 29.9 Å². The van der Waals surface area contributed by atoms with Crippen LogP contribution in [-0.4, -0.2) is 58.1 Å². The number of fused-ring (bicyclic) bond motifs is 2. The molecule has 6 atom stereocenters. The Morgan fingerprint density at radius 3 is 2.52 bits per heavy atom. The number of hydrogen-bond acceptors (Lipinski definition) is 6. The topological polar surface area (TPSA) is 99.4 Å². The summed E-state index contributed by atoms with van der Waals surface area (Å²) >= 11 is 6.45. The third-order valence-corrected chi connectivity index (χ3v) is 6.55. The molecule has 168 valence electrons. The largest absolute Gasteiger partial charge is 0.494 e. The smallest absolute Gasteiger partial charge is 0.129 e. The van der Waals surface area contributed by atoms with E-state index < -0.39 is 42.8 Å². The minimum atomic E-state index is -1.59. The number of hydrogen-bond donors (Lipinski definition) is 4. The van der Waals surface area contributed by atoms with Crippen LogP contribution in [0.1, 0.15) is 41.8 Å². The van der Waals surface area contributed by atoms with E-state index in [0.29, 0.717) is 29.2 Å². The van der Waals surface area contributed by atoms with Gasteiger partial charge in [0.2, 0.25) is 0 Å². The zero-order chi connectivity index (χ0) is 22.3. The first kappa shape index (κ1) is 22.5. The van der Waals surface area contributed by atoms with Crippen LogP contribution in [0.4, 0.5) is 4.39 Å². The maximum atomic E-state index is 15.0. The van der Waals surface area contributed by atoms with Crippen LogP contribution in [0.25, 0.3) is 0 Å². The first-order chi connectivity index (χ1) is 14.8. The van der Waals surface area contributed by atoms with E-state index in [9.17, 15) is 24.8 Å². The van der Waals surface area contributed by atoms with E-state index >= 15 is 0 Å². The van der Waals surface area contributed by atoms with Gasteiger partial charge >= 0.3 is 0 Å². The van der Waals surface area contributed by atoms with Crippen molar-refractivity contribution in [2.75, 3.05) is 13.2 Å². The lowest BCUT2D eigenvalue weighted by Crippen LogP contribution is -2.62. The van der Waals surface area contributed by atoms with Crippen LogP contribution < -0.4 is 4.74 Å². The summed E-state index contributed by atoms with van der Waals surface area (Å²) in [5.74, 6) is 0.756. The quantitative estimate of drug-likeness (QED) is 0.556. The van der Waals surface area contributed by atoms with Gasteiger partial charge in [-0.25, -0.2) is 4.39 Å². The third-order valence-electron chi connectivity index (χ3n) is 6.20. The predicted octanol–water partition coefficient (Wildman–Crippen LogP) is 2.41. The molecule has 4 N–H and O–H groups in total. The number of aliphatic hydroxyl groups excluding tert-OH is 4. The van der Waals surface area contributed by atoms with Crippen molar-refractivity contribution in [2.45, 2.75) is 56.0 Å². The van der Waals surface area contributed by atoms with Crippen LogP contribution in [0, 0.1) is 0 Å². The standard InChI is InChI=1S/C23H26ClFO6/c1-2-30-14-5-3-12(4-6-14)7-13-8-16-15(9-17(13)24)18(25)10-23(16)22(29)21(28)20(27)19(11-26)31-23/h3-6,8-9,18-22,26-29H,2,7,10-11H2,1H3/t18?,19-,20-,21+,22-,23+/m1/s1. The molecule has 1 aliphatic heterocycles. The number of halogens is 2. The Morgan fingerprint density at radius 1 is 1.16 bits per heavy atom. The van der Waals surface area contributed by atoms with E-state index in [0.717, 1.165) is 11.3 Å². The summed E-state index contributed by atoms with van der Waals surface area (Å²) in [5, 5.41) is 41.2. The highest BCUT2D eigenvalue weighted by atomic mass is 35.5. The summed E-state index contributed by atoms with van der Waals surface area (Å²) in [6, 6.07) is 10.8.